The van der Waals surface area contributed by atoms with E-state index in [9.17, 15) is 13.2 Å². The van der Waals surface area contributed by atoms with Crippen LogP contribution in [0, 0.1) is 0 Å². The largest absolute Gasteiger partial charge is 0.381 e. The Balaban J connectivity index is 1.46. The maximum atomic E-state index is 12.9. The maximum absolute atomic E-state index is 12.9. The van der Waals surface area contributed by atoms with Gasteiger partial charge in [-0.2, -0.15) is 0 Å². The summed E-state index contributed by atoms with van der Waals surface area (Å²) in [6, 6.07) is 22.8. The van der Waals surface area contributed by atoms with Gasteiger partial charge in [0.2, 0.25) is 0 Å². The lowest BCUT2D eigenvalue weighted by Gasteiger charge is -2.38. The number of hydrogen-bond acceptors (Lipinski definition) is 4. The average molecular weight is 499 g/mol. The first-order chi connectivity index (χ1) is 16.3. The van der Waals surface area contributed by atoms with E-state index in [4.69, 9.17) is 16.3 Å². The minimum absolute atomic E-state index is 0.142. The van der Waals surface area contributed by atoms with E-state index in [1.54, 1.807) is 24.3 Å². The number of nitrogens with zero attached hydrogens (tertiary/aromatic N) is 1. The molecule has 6 nitrogen and oxygen atoms in total. The number of carbonyl (C=O) groups is 1. The molecule has 1 aliphatic rings. The van der Waals surface area contributed by atoms with Crippen molar-refractivity contribution in [3.8, 4) is 0 Å². The zero-order valence-electron chi connectivity index (χ0n) is 18.9. The number of nitrogens with one attached hydrogen (secondary N) is 1. The normalized spacial score (nSPS) is 15.5. The van der Waals surface area contributed by atoms with Gasteiger partial charge in [-0.1, -0.05) is 41.9 Å². The van der Waals surface area contributed by atoms with Gasteiger partial charge in [0.15, 0.2) is 0 Å². The highest BCUT2D eigenvalue weighted by atomic mass is 35.5. The predicted molar refractivity (Wildman–Crippen MR) is 134 cm³/mol. The standard InChI is InChI=1S/C26H27ClN2O4S/c1-29(34(31,32)24-13-9-22(27)10-14-24)23-11-7-20(8-12-23)25(30)28-19-26(15-17-33-18-16-26)21-5-3-2-4-6-21/h2-14H,15-19H2,1H3,(H,28,30). The molecular weight excluding hydrogens is 472 g/mol. The van der Waals surface area contributed by atoms with E-state index >= 15 is 0 Å². The van der Waals surface area contributed by atoms with Crippen molar-refractivity contribution >= 4 is 33.2 Å². The molecule has 1 amide bonds. The highest BCUT2D eigenvalue weighted by molar-refractivity contribution is 7.92. The molecule has 0 spiro atoms. The third-order valence-electron chi connectivity index (χ3n) is 6.39. The lowest BCUT2D eigenvalue weighted by atomic mass is 9.74. The smallest absolute Gasteiger partial charge is 0.264 e. The van der Waals surface area contributed by atoms with E-state index in [1.807, 2.05) is 18.2 Å². The summed E-state index contributed by atoms with van der Waals surface area (Å²) in [6.07, 6.45) is 1.67. The second-order valence-electron chi connectivity index (χ2n) is 8.41. The molecule has 0 atom stereocenters. The monoisotopic (exact) mass is 498 g/mol. The van der Waals surface area contributed by atoms with Gasteiger partial charge in [0.25, 0.3) is 15.9 Å². The first-order valence-corrected chi connectivity index (χ1v) is 12.9. The van der Waals surface area contributed by atoms with Crippen LogP contribution in [0.3, 0.4) is 0 Å². The molecule has 178 valence electrons. The lowest BCUT2D eigenvalue weighted by Crippen LogP contribution is -2.44. The number of rotatable bonds is 7. The molecule has 1 heterocycles. The van der Waals surface area contributed by atoms with Crippen molar-refractivity contribution in [2.45, 2.75) is 23.2 Å². The van der Waals surface area contributed by atoms with E-state index < -0.39 is 10.0 Å². The highest BCUT2D eigenvalue weighted by Gasteiger charge is 2.34. The van der Waals surface area contributed by atoms with Gasteiger partial charge in [-0.05, 0) is 66.9 Å². The number of carbonyl (C=O) groups excluding carboxylic acids is 1. The summed E-state index contributed by atoms with van der Waals surface area (Å²) in [5, 5.41) is 3.54. The van der Waals surface area contributed by atoms with Crippen LogP contribution in [0.1, 0.15) is 28.8 Å². The second kappa shape index (κ2) is 10.2. The zero-order valence-corrected chi connectivity index (χ0v) is 20.5. The predicted octanol–water partition coefficient (Wildman–Crippen LogP) is 4.64. The lowest BCUT2D eigenvalue weighted by molar-refractivity contribution is 0.0487. The minimum Gasteiger partial charge on any atom is -0.381 e. The quantitative estimate of drug-likeness (QED) is 0.514. The molecular formula is C26H27ClN2O4S. The van der Waals surface area contributed by atoms with Gasteiger partial charge in [0, 0.05) is 42.8 Å². The molecule has 0 radical (unpaired) electrons. The van der Waals surface area contributed by atoms with Crippen molar-refractivity contribution in [3.63, 3.8) is 0 Å². The summed E-state index contributed by atoms with van der Waals surface area (Å²) in [7, 11) is -2.26. The van der Waals surface area contributed by atoms with Crippen LogP contribution >= 0.6 is 11.6 Å². The van der Waals surface area contributed by atoms with E-state index in [-0.39, 0.29) is 16.2 Å². The Hall–Kier alpha value is -2.87. The second-order valence-corrected chi connectivity index (χ2v) is 10.8. The van der Waals surface area contributed by atoms with Crippen LogP contribution in [0.2, 0.25) is 5.02 Å². The van der Waals surface area contributed by atoms with Gasteiger partial charge in [0.1, 0.15) is 0 Å². The molecule has 0 saturated carbocycles. The van der Waals surface area contributed by atoms with Gasteiger partial charge in [0.05, 0.1) is 10.6 Å². The summed E-state index contributed by atoms with van der Waals surface area (Å²) in [5.74, 6) is -0.198. The number of sulfonamides is 1. The number of hydrogen-bond donors (Lipinski definition) is 1. The molecule has 4 rings (SSSR count). The Morgan fingerprint density at radius 2 is 1.59 bits per heavy atom. The fourth-order valence-electron chi connectivity index (χ4n) is 4.20. The average Bonchev–Trinajstić information content (AvgIpc) is 2.88. The van der Waals surface area contributed by atoms with Crippen molar-refractivity contribution in [1.29, 1.82) is 0 Å². The molecule has 0 aromatic heterocycles. The van der Waals surface area contributed by atoms with Gasteiger partial charge in [-0.15, -0.1) is 0 Å². The molecule has 8 heteroatoms. The first-order valence-electron chi connectivity index (χ1n) is 11.1. The molecule has 0 bridgehead atoms. The molecule has 0 unspecified atom stereocenters. The van der Waals surface area contributed by atoms with Crippen molar-refractivity contribution in [2.24, 2.45) is 0 Å². The van der Waals surface area contributed by atoms with Gasteiger partial charge >= 0.3 is 0 Å². The van der Waals surface area contributed by atoms with Crippen molar-refractivity contribution < 1.29 is 17.9 Å². The Bertz CT molecular complexity index is 1220. The Kier molecular flexibility index (Phi) is 7.26. The van der Waals surface area contributed by atoms with Crippen LogP contribution < -0.4 is 9.62 Å². The Morgan fingerprint density at radius 1 is 0.971 bits per heavy atom. The molecule has 0 aliphatic carbocycles. The topological polar surface area (TPSA) is 75.7 Å². The van der Waals surface area contributed by atoms with E-state index in [1.165, 1.54) is 41.2 Å². The Morgan fingerprint density at radius 3 is 2.21 bits per heavy atom. The molecule has 1 saturated heterocycles. The summed E-state index contributed by atoms with van der Waals surface area (Å²) in [4.78, 5) is 13.0. The number of amides is 1. The summed E-state index contributed by atoms with van der Waals surface area (Å²) in [5.41, 5.74) is 1.96. The third kappa shape index (κ3) is 5.12. The number of halogens is 1. The molecule has 1 fully saturated rings. The van der Waals surface area contributed by atoms with Crippen LogP contribution in [-0.4, -0.2) is 41.1 Å². The highest BCUT2D eigenvalue weighted by Crippen LogP contribution is 2.34. The third-order valence-corrected chi connectivity index (χ3v) is 8.44. The van der Waals surface area contributed by atoms with Crippen molar-refractivity contribution in [2.75, 3.05) is 31.1 Å². The molecule has 1 N–H and O–H groups in total. The van der Waals surface area contributed by atoms with Crippen LogP contribution in [0.5, 0.6) is 0 Å². The van der Waals surface area contributed by atoms with Crippen molar-refractivity contribution in [3.05, 3.63) is 95.0 Å². The van der Waals surface area contributed by atoms with E-state index in [0.717, 1.165) is 12.8 Å². The SMILES string of the molecule is CN(c1ccc(C(=O)NCC2(c3ccccc3)CCOCC2)cc1)S(=O)(=O)c1ccc(Cl)cc1. The van der Waals surface area contributed by atoms with E-state index in [2.05, 4.69) is 17.4 Å². The van der Waals surface area contributed by atoms with Crippen LogP contribution in [-0.2, 0) is 20.2 Å². The van der Waals surface area contributed by atoms with Gasteiger partial charge in [-0.25, -0.2) is 8.42 Å². The van der Waals surface area contributed by atoms with Gasteiger partial charge in [-0.3, -0.25) is 9.10 Å². The Labute approximate surface area is 205 Å². The van der Waals surface area contributed by atoms with Gasteiger partial charge < -0.3 is 10.1 Å². The molecule has 1 aliphatic heterocycles. The molecule has 3 aromatic rings. The van der Waals surface area contributed by atoms with Crippen LogP contribution in [0.25, 0.3) is 0 Å². The fourth-order valence-corrected chi connectivity index (χ4v) is 5.52. The number of anilines is 1. The molecule has 34 heavy (non-hydrogen) atoms. The number of ether oxygens (including phenoxy) is 1. The first kappa shape index (κ1) is 24.3. The minimum atomic E-state index is -3.74. The summed E-state index contributed by atoms with van der Waals surface area (Å²) < 4.78 is 32.6. The summed E-state index contributed by atoms with van der Waals surface area (Å²) >= 11 is 5.87. The maximum Gasteiger partial charge on any atom is 0.264 e. The fraction of sp³-hybridized carbons (Fsp3) is 0.269. The zero-order chi connectivity index (χ0) is 24.2. The van der Waals surface area contributed by atoms with Crippen LogP contribution in [0.4, 0.5) is 5.69 Å². The van der Waals surface area contributed by atoms with Crippen LogP contribution in [0.15, 0.2) is 83.8 Å². The number of benzene rings is 3. The van der Waals surface area contributed by atoms with E-state index in [0.29, 0.717) is 36.0 Å². The summed E-state index contributed by atoms with van der Waals surface area (Å²) in [6.45, 7) is 1.83. The van der Waals surface area contributed by atoms with Crippen molar-refractivity contribution in [1.82, 2.24) is 5.32 Å². The molecule has 3 aromatic carbocycles.